The van der Waals surface area contributed by atoms with Gasteiger partial charge in [0.2, 0.25) is 5.91 Å². The molecule has 0 bridgehead atoms. The Labute approximate surface area is 182 Å². The fraction of sp³-hybridized carbons (Fsp3) is 0.238. The summed E-state index contributed by atoms with van der Waals surface area (Å²) in [5.74, 6) is 0.191. The average molecular weight is 440 g/mol. The molecule has 10 heteroatoms. The van der Waals surface area contributed by atoms with Crippen molar-refractivity contribution < 1.29 is 23.9 Å². The molecule has 2 aromatic carbocycles. The summed E-state index contributed by atoms with van der Waals surface area (Å²) in [5.41, 5.74) is 1.48. The number of fused-ring (bicyclic) bond motifs is 1. The fourth-order valence-electron chi connectivity index (χ4n) is 3.31. The minimum Gasteiger partial charge on any atom is -0.493 e. The largest absolute Gasteiger partial charge is 0.493 e. The Morgan fingerprint density at radius 3 is 2.68 bits per heavy atom. The van der Waals surface area contributed by atoms with Crippen LogP contribution in [0.2, 0.25) is 0 Å². The number of benzene rings is 2. The molecule has 0 spiro atoms. The molecule has 1 fully saturated rings. The Morgan fingerprint density at radius 1 is 1.16 bits per heavy atom. The molecule has 1 aromatic heterocycles. The molecule has 4 amide bonds. The Kier molecular flexibility index (Phi) is 5.72. The molecule has 1 saturated heterocycles. The smallest absolute Gasteiger partial charge is 0.325 e. The molecule has 2 N–H and O–H groups in total. The van der Waals surface area contributed by atoms with Crippen LogP contribution >= 0.6 is 11.3 Å². The number of carbonyl (C=O) groups excluding carboxylic acids is 3. The van der Waals surface area contributed by atoms with Crippen LogP contribution in [0.25, 0.3) is 10.2 Å². The number of hydrogen-bond donors (Lipinski definition) is 2. The summed E-state index contributed by atoms with van der Waals surface area (Å²) in [4.78, 5) is 42.9. The Hall–Kier alpha value is -3.66. The monoisotopic (exact) mass is 440 g/mol. The average Bonchev–Trinajstić information content (AvgIpc) is 3.28. The number of urea groups is 1. The molecule has 3 aromatic rings. The van der Waals surface area contributed by atoms with E-state index in [1.165, 1.54) is 25.6 Å². The molecule has 2 heterocycles. The van der Waals surface area contributed by atoms with Crippen LogP contribution < -0.4 is 20.1 Å². The zero-order chi connectivity index (χ0) is 22.0. The molecule has 9 nitrogen and oxygen atoms in total. The van der Waals surface area contributed by atoms with Crippen LogP contribution in [0.15, 0.2) is 42.5 Å². The first-order valence-corrected chi connectivity index (χ1v) is 10.3. The van der Waals surface area contributed by atoms with E-state index >= 15 is 0 Å². The van der Waals surface area contributed by atoms with Crippen molar-refractivity contribution in [3.63, 3.8) is 0 Å². The number of carbonyl (C=O) groups is 3. The van der Waals surface area contributed by atoms with E-state index in [1.807, 2.05) is 24.3 Å². The molecule has 31 heavy (non-hydrogen) atoms. The number of nitrogens with one attached hydrogen (secondary N) is 2. The van der Waals surface area contributed by atoms with Crippen LogP contribution in [0.3, 0.4) is 0 Å². The van der Waals surface area contributed by atoms with Crippen molar-refractivity contribution in [3.8, 4) is 11.5 Å². The fourth-order valence-corrected chi connectivity index (χ4v) is 4.19. The van der Waals surface area contributed by atoms with Gasteiger partial charge in [0, 0.05) is 0 Å². The predicted octanol–water partition coefficient (Wildman–Crippen LogP) is 2.76. The van der Waals surface area contributed by atoms with Gasteiger partial charge in [-0.15, -0.1) is 0 Å². The Bertz CT molecular complexity index is 1130. The standard InChI is InChI=1S/C21H20N4O5S/c1-29-15-8-7-12(9-16(15)30-2)11-25-19(27)14(23-21(25)28)10-18(26)24-20-22-13-5-3-4-6-17(13)31-20/h3-9,14H,10-11H2,1-2H3,(H,23,28)(H,22,24,26)/t14-/m1/s1. The zero-order valence-electron chi connectivity index (χ0n) is 16.9. The van der Waals surface area contributed by atoms with Crippen molar-refractivity contribution in [3.05, 3.63) is 48.0 Å². The molecule has 0 aliphatic carbocycles. The second kappa shape index (κ2) is 8.60. The van der Waals surface area contributed by atoms with Crippen LogP contribution in [-0.4, -0.2) is 48.0 Å². The normalized spacial score (nSPS) is 15.8. The second-order valence-electron chi connectivity index (χ2n) is 6.85. The van der Waals surface area contributed by atoms with Crippen LogP contribution in [0.4, 0.5) is 9.93 Å². The number of hydrogen-bond acceptors (Lipinski definition) is 7. The van der Waals surface area contributed by atoms with E-state index in [1.54, 1.807) is 18.2 Å². The maximum absolute atomic E-state index is 12.7. The van der Waals surface area contributed by atoms with Crippen molar-refractivity contribution in [2.75, 3.05) is 19.5 Å². The van der Waals surface area contributed by atoms with Gasteiger partial charge in [0.05, 0.1) is 37.4 Å². The van der Waals surface area contributed by atoms with E-state index in [2.05, 4.69) is 15.6 Å². The van der Waals surface area contributed by atoms with E-state index in [0.29, 0.717) is 22.2 Å². The molecule has 0 radical (unpaired) electrons. The van der Waals surface area contributed by atoms with Gasteiger partial charge in [-0.2, -0.15) is 0 Å². The predicted molar refractivity (Wildman–Crippen MR) is 115 cm³/mol. The summed E-state index contributed by atoms with van der Waals surface area (Å²) in [6.07, 6.45) is -0.178. The molecule has 1 atom stereocenters. The number of amides is 4. The summed E-state index contributed by atoms with van der Waals surface area (Å²) in [5, 5.41) is 5.72. The number of nitrogens with zero attached hydrogens (tertiary/aromatic N) is 2. The lowest BCUT2D eigenvalue weighted by atomic mass is 10.1. The molecular formula is C21H20N4O5S. The van der Waals surface area contributed by atoms with Gasteiger partial charge in [-0.1, -0.05) is 29.5 Å². The number of thiazole rings is 1. The maximum atomic E-state index is 12.7. The van der Waals surface area contributed by atoms with Crippen LogP contribution in [-0.2, 0) is 16.1 Å². The lowest BCUT2D eigenvalue weighted by Gasteiger charge is -2.15. The van der Waals surface area contributed by atoms with Gasteiger partial charge in [0.25, 0.3) is 5.91 Å². The highest BCUT2D eigenvalue weighted by Crippen LogP contribution is 2.29. The lowest BCUT2D eigenvalue weighted by Crippen LogP contribution is -2.34. The van der Waals surface area contributed by atoms with Crippen LogP contribution in [0, 0.1) is 0 Å². The summed E-state index contributed by atoms with van der Waals surface area (Å²) < 4.78 is 11.4. The van der Waals surface area contributed by atoms with E-state index in [-0.39, 0.29) is 13.0 Å². The molecule has 4 rings (SSSR count). The number of aromatic nitrogens is 1. The quantitative estimate of drug-likeness (QED) is 0.547. The van der Waals surface area contributed by atoms with Crippen molar-refractivity contribution in [2.24, 2.45) is 0 Å². The molecular weight excluding hydrogens is 420 g/mol. The molecule has 1 aliphatic heterocycles. The first kappa shape index (κ1) is 20.6. The second-order valence-corrected chi connectivity index (χ2v) is 7.89. The maximum Gasteiger partial charge on any atom is 0.325 e. The highest BCUT2D eigenvalue weighted by atomic mass is 32.1. The molecule has 160 valence electrons. The van der Waals surface area contributed by atoms with Gasteiger partial charge in [-0.25, -0.2) is 9.78 Å². The first-order chi connectivity index (χ1) is 15.0. The van der Waals surface area contributed by atoms with Crippen molar-refractivity contribution in [1.29, 1.82) is 0 Å². The van der Waals surface area contributed by atoms with Gasteiger partial charge in [0.15, 0.2) is 16.6 Å². The van der Waals surface area contributed by atoms with Crippen molar-refractivity contribution >= 4 is 44.5 Å². The minimum atomic E-state index is -0.929. The number of ether oxygens (including phenoxy) is 2. The van der Waals surface area contributed by atoms with Crippen LogP contribution in [0.5, 0.6) is 11.5 Å². The third-order valence-corrected chi connectivity index (χ3v) is 5.78. The first-order valence-electron chi connectivity index (χ1n) is 9.46. The third kappa shape index (κ3) is 4.29. The Balaban J connectivity index is 1.40. The van der Waals surface area contributed by atoms with Crippen LogP contribution in [0.1, 0.15) is 12.0 Å². The lowest BCUT2D eigenvalue weighted by molar-refractivity contribution is -0.130. The van der Waals surface area contributed by atoms with Gasteiger partial charge in [0.1, 0.15) is 6.04 Å². The van der Waals surface area contributed by atoms with Gasteiger partial charge >= 0.3 is 6.03 Å². The summed E-state index contributed by atoms with van der Waals surface area (Å²) in [6.45, 7) is 0.0566. The molecule has 0 saturated carbocycles. The Morgan fingerprint density at radius 2 is 1.94 bits per heavy atom. The van der Waals surface area contributed by atoms with Gasteiger partial charge < -0.3 is 20.1 Å². The SMILES string of the molecule is COc1ccc(CN2C(=O)N[C@H](CC(=O)Nc3nc4ccccc4s3)C2=O)cc1OC. The summed E-state index contributed by atoms with van der Waals surface area (Å²) >= 11 is 1.35. The van der Waals surface area contributed by atoms with E-state index in [0.717, 1.165) is 15.1 Å². The number of methoxy groups -OCH3 is 2. The van der Waals surface area contributed by atoms with Crippen molar-refractivity contribution in [2.45, 2.75) is 19.0 Å². The number of para-hydroxylation sites is 1. The van der Waals surface area contributed by atoms with E-state index in [4.69, 9.17) is 9.47 Å². The summed E-state index contributed by atoms with van der Waals surface area (Å²) in [6, 6.07) is 11.2. The number of anilines is 1. The number of imide groups is 1. The van der Waals surface area contributed by atoms with E-state index in [9.17, 15) is 14.4 Å². The van der Waals surface area contributed by atoms with E-state index < -0.39 is 23.9 Å². The third-order valence-electron chi connectivity index (χ3n) is 4.83. The van der Waals surface area contributed by atoms with Gasteiger partial charge in [-0.05, 0) is 29.8 Å². The van der Waals surface area contributed by atoms with Gasteiger partial charge in [-0.3, -0.25) is 14.5 Å². The topological polar surface area (TPSA) is 110 Å². The molecule has 1 aliphatic rings. The number of rotatable bonds is 7. The van der Waals surface area contributed by atoms with Crippen molar-refractivity contribution in [1.82, 2.24) is 15.2 Å². The minimum absolute atomic E-state index is 0.0566. The zero-order valence-corrected chi connectivity index (χ0v) is 17.7. The highest BCUT2D eigenvalue weighted by molar-refractivity contribution is 7.22. The highest BCUT2D eigenvalue weighted by Gasteiger charge is 2.39. The summed E-state index contributed by atoms with van der Waals surface area (Å²) in [7, 11) is 3.04. The molecule has 0 unspecified atom stereocenters.